The van der Waals surface area contributed by atoms with Gasteiger partial charge in [0.2, 0.25) is 0 Å². The standard InChI is InChI=1S/C11H21BrO/c1-2-3-8-13-11-6-4-10(9-12)5-7-11/h10-11H,2-9H2,1H3. The van der Waals surface area contributed by atoms with Crippen molar-refractivity contribution in [2.24, 2.45) is 5.92 Å². The van der Waals surface area contributed by atoms with Crippen LogP contribution >= 0.6 is 15.9 Å². The number of unbranched alkanes of at least 4 members (excludes halogenated alkanes) is 1. The molecule has 2 heteroatoms. The zero-order chi connectivity index (χ0) is 9.52. The molecule has 1 fully saturated rings. The number of rotatable bonds is 5. The molecule has 0 heterocycles. The van der Waals surface area contributed by atoms with Gasteiger partial charge in [-0.05, 0) is 38.0 Å². The summed E-state index contributed by atoms with van der Waals surface area (Å²) in [6.07, 6.45) is 8.29. The van der Waals surface area contributed by atoms with E-state index in [4.69, 9.17) is 4.74 Å². The van der Waals surface area contributed by atoms with Crippen LogP contribution in [0.3, 0.4) is 0 Å². The van der Waals surface area contributed by atoms with Gasteiger partial charge in [-0.2, -0.15) is 0 Å². The van der Waals surface area contributed by atoms with Crippen molar-refractivity contribution >= 4 is 15.9 Å². The highest BCUT2D eigenvalue weighted by Crippen LogP contribution is 2.27. The van der Waals surface area contributed by atoms with E-state index in [-0.39, 0.29) is 0 Å². The average molecular weight is 249 g/mol. The van der Waals surface area contributed by atoms with Crippen LogP contribution in [0.2, 0.25) is 0 Å². The first-order valence-corrected chi connectivity index (χ1v) is 6.66. The lowest BCUT2D eigenvalue weighted by Gasteiger charge is -2.27. The minimum Gasteiger partial charge on any atom is -0.378 e. The van der Waals surface area contributed by atoms with Crippen molar-refractivity contribution in [2.45, 2.75) is 51.6 Å². The Bertz CT molecular complexity index is 117. The third kappa shape index (κ3) is 4.46. The number of alkyl halides is 1. The molecular formula is C11H21BrO. The lowest BCUT2D eigenvalue weighted by Crippen LogP contribution is -2.22. The van der Waals surface area contributed by atoms with Gasteiger partial charge in [-0.1, -0.05) is 29.3 Å². The van der Waals surface area contributed by atoms with Crippen LogP contribution < -0.4 is 0 Å². The summed E-state index contributed by atoms with van der Waals surface area (Å²) in [4.78, 5) is 0. The van der Waals surface area contributed by atoms with E-state index in [0.717, 1.165) is 12.5 Å². The first kappa shape index (κ1) is 11.5. The Labute approximate surface area is 90.4 Å². The van der Waals surface area contributed by atoms with E-state index in [1.54, 1.807) is 0 Å². The molecule has 1 saturated carbocycles. The van der Waals surface area contributed by atoms with Gasteiger partial charge in [0.1, 0.15) is 0 Å². The third-order valence-electron chi connectivity index (χ3n) is 2.86. The zero-order valence-electron chi connectivity index (χ0n) is 8.60. The summed E-state index contributed by atoms with van der Waals surface area (Å²) in [5.74, 6) is 0.908. The molecule has 0 aromatic carbocycles. The first-order chi connectivity index (χ1) is 6.36. The molecule has 0 saturated heterocycles. The maximum Gasteiger partial charge on any atom is 0.0575 e. The lowest BCUT2D eigenvalue weighted by atomic mass is 9.89. The number of hydrogen-bond acceptors (Lipinski definition) is 1. The summed E-state index contributed by atoms with van der Waals surface area (Å²) < 4.78 is 5.80. The van der Waals surface area contributed by atoms with E-state index in [1.807, 2.05) is 0 Å². The highest BCUT2D eigenvalue weighted by molar-refractivity contribution is 9.09. The largest absolute Gasteiger partial charge is 0.378 e. The number of hydrogen-bond donors (Lipinski definition) is 0. The van der Waals surface area contributed by atoms with Crippen LogP contribution in [0.25, 0.3) is 0 Å². The van der Waals surface area contributed by atoms with E-state index in [1.165, 1.54) is 43.9 Å². The monoisotopic (exact) mass is 248 g/mol. The van der Waals surface area contributed by atoms with Crippen LogP contribution in [0.5, 0.6) is 0 Å². The highest BCUT2D eigenvalue weighted by atomic mass is 79.9. The van der Waals surface area contributed by atoms with Crippen LogP contribution in [-0.4, -0.2) is 18.0 Å². The molecule has 0 spiro atoms. The minimum atomic E-state index is 0.571. The smallest absolute Gasteiger partial charge is 0.0575 e. The third-order valence-corrected chi connectivity index (χ3v) is 3.78. The SMILES string of the molecule is CCCCOC1CCC(CBr)CC1. The zero-order valence-corrected chi connectivity index (χ0v) is 10.2. The molecule has 0 aromatic rings. The van der Waals surface area contributed by atoms with Gasteiger partial charge in [0.25, 0.3) is 0 Å². The molecule has 78 valence electrons. The Morgan fingerprint density at radius 3 is 2.46 bits per heavy atom. The fraction of sp³-hybridized carbons (Fsp3) is 1.00. The fourth-order valence-electron chi connectivity index (χ4n) is 1.85. The second kappa shape index (κ2) is 6.83. The molecule has 1 aliphatic rings. The summed E-state index contributed by atoms with van der Waals surface area (Å²) in [7, 11) is 0. The molecule has 1 nitrogen and oxygen atoms in total. The van der Waals surface area contributed by atoms with E-state index >= 15 is 0 Å². The topological polar surface area (TPSA) is 9.23 Å². The molecule has 0 atom stereocenters. The van der Waals surface area contributed by atoms with Crippen molar-refractivity contribution in [3.05, 3.63) is 0 Å². The van der Waals surface area contributed by atoms with Crippen molar-refractivity contribution in [2.75, 3.05) is 11.9 Å². The molecule has 0 N–H and O–H groups in total. The molecule has 0 unspecified atom stereocenters. The van der Waals surface area contributed by atoms with E-state index in [0.29, 0.717) is 6.10 Å². The Kier molecular flexibility index (Phi) is 6.05. The fourth-order valence-corrected chi connectivity index (χ4v) is 2.49. The van der Waals surface area contributed by atoms with Crippen molar-refractivity contribution in [1.29, 1.82) is 0 Å². The predicted octanol–water partition coefficient (Wildman–Crippen LogP) is 3.76. The van der Waals surface area contributed by atoms with Crippen molar-refractivity contribution in [3.63, 3.8) is 0 Å². The Hall–Kier alpha value is 0.440. The number of ether oxygens (including phenoxy) is 1. The van der Waals surface area contributed by atoms with Gasteiger partial charge in [0.15, 0.2) is 0 Å². The van der Waals surface area contributed by atoms with E-state index in [9.17, 15) is 0 Å². The average Bonchev–Trinajstić information content (AvgIpc) is 2.19. The second-order valence-electron chi connectivity index (χ2n) is 4.02. The van der Waals surface area contributed by atoms with Gasteiger partial charge in [0, 0.05) is 11.9 Å². The lowest BCUT2D eigenvalue weighted by molar-refractivity contribution is 0.0190. The highest BCUT2D eigenvalue weighted by Gasteiger charge is 2.20. The summed E-state index contributed by atoms with van der Waals surface area (Å²) in [5, 5.41) is 1.18. The van der Waals surface area contributed by atoms with Crippen LogP contribution in [0.1, 0.15) is 45.4 Å². The van der Waals surface area contributed by atoms with Crippen LogP contribution in [0, 0.1) is 5.92 Å². The van der Waals surface area contributed by atoms with Gasteiger partial charge < -0.3 is 4.74 Å². The van der Waals surface area contributed by atoms with E-state index in [2.05, 4.69) is 22.9 Å². The molecular weight excluding hydrogens is 228 g/mol. The summed E-state index contributed by atoms with van der Waals surface area (Å²) >= 11 is 3.55. The van der Waals surface area contributed by atoms with Gasteiger partial charge in [-0.25, -0.2) is 0 Å². The van der Waals surface area contributed by atoms with Crippen molar-refractivity contribution in [3.8, 4) is 0 Å². The summed E-state index contributed by atoms with van der Waals surface area (Å²) in [6, 6.07) is 0. The maximum atomic E-state index is 5.80. The quantitative estimate of drug-likeness (QED) is 0.532. The van der Waals surface area contributed by atoms with Gasteiger partial charge in [-0.3, -0.25) is 0 Å². The Balaban J connectivity index is 2.03. The molecule has 0 radical (unpaired) electrons. The van der Waals surface area contributed by atoms with Crippen LogP contribution in [0.4, 0.5) is 0 Å². The first-order valence-electron chi connectivity index (χ1n) is 5.54. The molecule has 0 bridgehead atoms. The molecule has 0 aromatic heterocycles. The summed E-state index contributed by atoms with van der Waals surface area (Å²) in [5.41, 5.74) is 0. The Morgan fingerprint density at radius 1 is 1.23 bits per heavy atom. The van der Waals surface area contributed by atoms with Gasteiger partial charge >= 0.3 is 0 Å². The molecule has 1 aliphatic carbocycles. The number of halogens is 1. The molecule has 0 amide bonds. The van der Waals surface area contributed by atoms with E-state index < -0.39 is 0 Å². The van der Waals surface area contributed by atoms with Gasteiger partial charge in [0.05, 0.1) is 6.10 Å². The van der Waals surface area contributed by atoms with Gasteiger partial charge in [-0.15, -0.1) is 0 Å². The van der Waals surface area contributed by atoms with Crippen molar-refractivity contribution in [1.82, 2.24) is 0 Å². The minimum absolute atomic E-state index is 0.571. The summed E-state index contributed by atoms with van der Waals surface area (Å²) in [6.45, 7) is 3.19. The molecule has 13 heavy (non-hydrogen) atoms. The molecule has 0 aliphatic heterocycles. The maximum absolute atomic E-state index is 5.80. The van der Waals surface area contributed by atoms with Crippen LogP contribution in [0.15, 0.2) is 0 Å². The second-order valence-corrected chi connectivity index (χ2v) is 4.67. The normalized spacial score (nSPS) is 29.1. The molecule has 1 rings (SSSR count). The van der Waals surface area contributed by atoms with Crippen molar-refractivity contribution < 1.29 is 4.74 Å². The Morgan fingerprint density at radius 2 is 1.92 bits per heavy atom. The van der Waals surface area contributed by atoms with Crippen LogP contribution in [-0.2, 0) is 4.74 Å². The predicted molar refractivity (Wildman–Crippen MR) is 60.4 cm³/mol.